The Morgan fingerprint density at radius 3 is 2.69 bits per heavy atom. The zero-order chi connectivity index (χ0) is 11.1. The lowest BCUT2D eigenvalue weighted by molar-refractivity contribution is 1.44. The monoisotopic (exact) mass is 208 g/mol. The first kappa shape index (κ1) is 9.16. The largest absolute Gasteiger partial charge is 0.397 e. The van der Waals surface area contributed by atoms with Crippen molar-refractivity contribution in [3.05, 3.63) is 48.0 Å². The molecular weight excluding hydrogens is 196 g/mol. The predicted octanol–water partition coefficient (Wildman–Crippen LogP) is 3.28. The molecule has 78 valence electrons. The van der Waals surface area contributed by atoms with E-state index in [4.69, 9.17) is 5.73 Å². The third-order valence-corrected chi connectivity index (χ3v) is 2.95. The number of nitrogens with two attached hydrogens (primary N) is 1. The summed E-state index contributed by atoms with van der Waals surface area (Å²) in [7, 11) is 0. The summed E-state index contributed by atoms with van der Waals surface area (Å²) < 4.78 is 0. The second kappa shape index (κ2) is 3.20. The lowest BCUT2D eigenvalue weighted by Gasteiger charge is -2.06. The third-order valence-electron chi connectivity index (χ3n) is 2.95. The Balaban J connectivity index is 2.51. The van der Waals surface area contributed by atoms with Crippen molar-refractivity contribution in [2.75, 3.05) is 5.73 Å². The number of pyridine rings is 1. The van der Waals surface area contributed by atoms with Crippen molar-refractivity contribution in [3.8, 4) is 0 Å². The van der Waals surface area contributed by atoms with Crippen LogP contribution in [0.15, 0.2) is 42.5 Å². The quantitative estimate of drug-likeness (QED) is 0.455. The van der Waals surface area contributed by atoms with Gasteiger partial charge in [-0.05, 0) is 24.6 Å². The van der Waals surface area contributed by atoms with Gasteiger partial charge in [-0.3, -0.25) is 0 Å². The maximum Gasteiger partial charge on any atom is 0.0941 e. The van der Waals surface area contributed by atoms with Gasteiger partial charge in [-0.1, -0.05) is 30.3 Å². The molecule has 2 heteroatoms. The third kappa shape index (κ3) is 1.23. The van der Waals surface area contributed by atoms with Gasteiger partial charge in [0.25, 0.3) is 0 Å². The van der Waals surface area contributed by atoms with Crippen LogP contribution in [0, 0.1) is 6.92 Å². The number of benzene rings is 2. The van der Waals surface area contributed by atoms with Crippen molar-refractivity contribution in [3.63, 3.8) is 0 Å². The Kier molecular flexibility index (Phi) is 1.83. The normalized spacial score (nSPS) is 11.1. The molecule has 0 aliphatic heterocycles. The van der Waals surface area contributed by atoms with Crippen LogP contribution >= 0.6 is 0 Å². The van der Waals surface area contributed by atoms with Crippen LogP contribution in [0.3, 0.4) is 0 Å². The van der Waals surface area contributed by atoms with Gasteiger partial charge in [0, 0.05) is 10.8 Å². The summed E-state index contributed by atoms with van der Waals surface area (Å²) >= 11 is 0. The highest BCUT2D eigenvalue weighted by Crippen LogP contribution is 2.25. The van der Waals surface area contributed by atoms with Crippen molar-refractivity contribution in [1.29, 1.82) is 0 Å². The fourth-order valence-corrected chi connectivity index (χ4v) is 1.97. The molecule has 0 unspecified atom stereocenters. The zero-order valence-electron chi connectivity index (χ0n) is 9.07. The van der Waals surface area contributed by atoms with E-state index in [-0.39, 0.29) is 0 Å². The van der Waals surface area contributed by atoms with E-state index in [2.05, 4.69) is 23.2 Å². The van der Waals surface area contributed by atoms with Crippen molar-refractivity contribution in [1.82, 2.24) is 4.98 Å². The Morgan fingerprint density at radius 1 is 1.00 bits per heavy atom. The molecule has 0 aliphatic rings. The van der Waals surface area contributed by atoms with Crippen LogP contribution in [0.4, 0.5) is 5.69 Å². The number of aryl methyl sites for hydroxylation is 1. The van der Waals surface area contributed by atoms with Gasteiger partial charge in [-0.2, -0.15) is 0 Å². The van der Waals surface area contributed by atoms with E-state index in [0.717, 1.165) is 33.1 Å². The molecule has 2 aromatic carbocycles. The molecule has 0 saturated heterocycles. The summed E-state index contributed by atoms with van der Waals surface area (Å²) in [6.07, 6.45) is 0. The summed E-state index contributed by atoms with van der Waals surface area (Å²) in [5, 5.41) is 2.25. The van der Waals surface area contributed by atoms with Crippen LogP contribution in [-0.4, -0.2) is 4.98 Å². The zero-order valence-corrected chi connectivity index (χ0v) is 9.07. The number of rotatable bonds is 0. The molecule has 1 heterocycles. The van der Waals surface area contributed by atoms with Gasteiger partial charge in [0.2, 0.25) is 0 Å². The van der Waals surface area contributed by atoms with Crippen LogP contribution in [0.5, 0.6) is 0 Å². The summed E-state index contributed by atoms with van der Waals surface area (Å²) in [6, 6.07) is 14.3. The van der Waals surface area contributed by atoms with Crippen LogP contribution in [0.1, 0.15) is 5.56 Å². The van der Waals surface area contributed by atoms with Gasteiger partial charge in [-0.15, -0.1) is 0 Å². The van der Waals surface area contributed by atoms with Crippen LogP contribution in [-0.2, 0) is 0 Å². The van der Waals surface area contributed by atoms with E-state index < -0.39 is 0 Å². The molecule has 16 heavy (non-hydrogen) atoms. The topological polar surface area (TPSA) is 38.9 Å². The molecule has 0 radical (unpaired) electrons. The number of fused-ring (bicyclic) bond motifs is 2. The fourth-order valence-electron chi connectivity index (χ4n) is 1.97. The highest BCUT2D eigenvalue weighted by Gasteiger charge is 2.04. The first-order valence-corrected chi connectivity index (χ1v) is 5.30. The minimum atomic E-state index is 0.781. The van der Waals surface area contributed by atoms with E-state index in [0.29, 0.717) is 0 Å². The van der Waals surface area contributed by atoms with Crippen LogP contribution in [0.2, 0.25) is 0 Å². The Labute approximate surface area is 93.7 Å². The van der Waals surface area contributed by atoms with Gasteiger partial charge in [0.1, 0.15) is 0 Å². The van der Waals surface area contributed by atoms with Crippen molar-refractivity contribution in [2.45, 2.75) is 6.92 Å². The van der Waals surface area contributed by atoms with Crippen molar-refractivity contribution < 1.29 is 0 Å². The van der Waals surface area contributed by atoms with E-state index in [1.54, 1.807) is 0 Å². The minimum absolute atomic E-state index is 0.781. The molecule has 2 N–H and O–H groups in total. The van der Waals surface area contributed by atoms with E-state index in [9.17, 15) is 0 Å². The standard InChI is InChI=1S/C14H12N2/c1-9-6-7-11-8-10-4-2-3-5-12(10)16-14(11)13(9)15/h2-8H,15H2,1H3. The fraction of sp³-hybridized carbons (Fsp3) is 0.0714. The molecule has 3 rings (SSSR count). The van der Waals surface area contributed by atoms with E-state index >= 15 is 0 Å². The number of anilines is 1. The van der Waals surface area contributed by atoms with Crippen LogP contribution in [0.25, 0.3) is 21.8 Å². The van der Waals surface area contributed by atoms with E-state index in [1.165, 1.54) is 0 Å². The summed E-state index contributed by atoms with van der Waals surface area (Å²) in [4.78, 5) is 4.61. The first-order valence-electron chi connectivity index (χ1n) is 5.30. The van der Waals surface area contributed by atoms with Crippen molar-refractivity contribution >= 4 is 27.5 Å². The highest BCUT2D eigenvalue weighted by atomic mass is 14.7. The summed E-state index contributed by atoms with van der Waals surface area (Å²) in [6.45, 7) is 2.01. The molecule has 0 amide bonds. The average molecular weight is 208 g/mol. The predicted molar refractivity (Wildman–Crippen MR) is 68.4 cm³/mol. The van der Waals surface area contributed by atoms with Gasteiger partial charge in [0.15, 0.2) is 0 Å². The molecule has 0 spiro atoms. The average Bonchev–Trinajstić information content (AvgIpc) is 2.32. The number of para-hydroxylation sites is 1. The summed E-state index contributed by atoms with van der Waals surface area (Å²) in [5.74, 6) is 0. The molecule has 3 aromatic rings. The van der Waals surface area contributed by atoms with Gasteiger partial charge >= 0.3 is 0 Å². The minimum Gasteiger partial charge on any atom is -0.397 e. The summed E-state index contributed by atoms with van der Waals surface area (Å²) in [5.41, 5.74) is 9.80. The molecular formula is C14H12N2. The number of hydrogen-bond donors (Lipinski definition) is 1. The molecule has 0 bridgehead atoms. The maximum absolute atomic E-state index is 6.05. The molecule has 0 fully saturated rings. The second-order valence-electron chi connectivity index (χ2n) is 4.05. The molecule has 2 nitrogen and oxygen atoms in total. The Bertz CT molecular complexity index is 687. The Hall–Kier alpha value is -2.09. The lowest BCUT2D eigenvalue weighted by Crippen LogP contribution is -1.93. The van der Waals surface area contributed by atoms with Crippen molar-refractivity contribution in [2.24, 2.45) is 0 Å². The highest BCUT2D eigenvalue weighted by molar-refractivity contribution is 5.98. The van der Waals surface area contributed by atoms with E-state index in [1.807, 2.05) is 31.2 Å². The molecule has 0 atom stereocenters. The second-order valence-corrected chi connectivity index (χ2v) is 4.05. The van der Waals surface area contributed by atoms with Gasteiger partial charge in [0.05, 0.1) is 16.7 Å². The lowest BCUT2D eigenvalue weighted by atomic mass is 10.1. The number of nitrogens with zero attached hydrogens (tertiary/aromatic N) is 1. The number of aromatic nitrogens is 1. The molecule has 0 aliphatic carbocycles. The molecule has 0 saturated carbocycles. The number of nitrogen functional groups attached to an aromatic ring is 1. The van der Waals surface area contributed by atoms with Gasteiger partial charge < -0.3 is 5.73 Å². The first-order chi connectivity index (χ1) is 7.75. The SMILES string of the molecule is Cc1ccc2cc3ccccc3nc2c1N. The molecule has 1 aromatic heterocycles. The number of hydrogen-bond acceptors (Lipinski definition) is 2. The smallest absolute Gasteiger partial charge is 0.0941 e. The van der Waals surface area contributed by atoms with Crippen LogP contribution < -0.4 is 5.73 Å². The maximum atomic E-state index is 6.05. The Morgan fingerprint density at radius 2 is 1.81 bits per heavy atom. The van der Waals surface area contributed by atoms with Gasteiger partial charge in [-0.25, -0.2) is 4.98 Å².